The Morgan fingerprint density at radius 1 is 0.612 bits per heavy atom. The molecule has 0 radical (unpaired) electrons. The monoisotopic (exact) mass is 1060 g/mol. The molecule has 0 amide bonds. The van der Waals surface area contributed by atoms with Crippen LogP contribution in [0.3, 0.4) is 0 Å². The summed E-state index contributed by atoms with van der Waals surface area (Å²) in [6, 6.07) is 63.4. The smallest absolute Gasteiger partial charge is 0.0622 e. The van der Waals surface area contributed by atoms with Crippen LogP contribution in [0.2, 0.25) is 0 Å². The number of hydrogen-bond acceptors (Lipinski definition) is 4. The van der Waals surface area contributed by atoms with Crippen LogP contribution >= 0.6 is 0 Å². The predicted octanol–water partition coefficient (Wildman–Crippen LogP) is 14.5. The summed E-state index contributed by atoms with van der Waals surface area (Å²) in [5, 5.41) is 0. The quantitative estimate of drug-likeness (QED) is 0.152. The molecule has 2 unspecified atom stereocenters. The Hall–Kier alpha value is -6.59. The third kappa shape index (κ3) is 8.11. The van der Waals surface area contributed by atoms with Gasteiger partial charge in [-0.25, -0.2) is 0 Å². The number of imidazole rings is 1. The fourth-order valence-electron chi connectivity index (χ4n) is 10.4. The predicted molar refractivity (Wildman–Crippen MR) is 272 cm³/mol. The average molecular weight is 1060 g/mol. The molecule has 2 aliphatic heterocycles. The van der Waals surface area contributed by atoms with E-state index in [-0.39, 0.29) is 5.41 Å². The molecule has 9 aromatic rings. The molecule has 1 saturated heterocycles. The van der Waals surface area contributed by atoms with Crippen LogP contribution in [0.15, 0.2) is 182 Å². The molecule has 6 nitrogen and oxygen atoms in total. The summed E-state index contributed by atoms with van der Waals surface area (Å²) in [6.07, 6.45) is 3.22. The number of likely N-dealkylation sites (tertiary alicyclic amines) is 1. The molecule has 2 atom stereocenters. The molecular formula is C60H55N5OPt. The minimum atomic E-state index is -0.0621. The summed E-state index contributed by atoms with van der Waals surface area (Å²) >= 11 is 2.54. The summed E-state index contributed by atoms with van der Waals surface area (Å²) in [7, 11) is 2.25. The van der Waals surface area contributed by atoms with Crippen LogP contribution in [0.25, 0.3) is 55.8 Å². The molecule has 2 aliphatic rings. The van der Waals surface area contributed by atoms with Gasteiger partial charge in [-0.3, -0.25) is 0 Å². The third-order valence-corrected chi connectivity index (χ3v) is 14.9. The normalized spacial score (nSPS) is 16.2. The van der Waals surface area contributed by atoms with Gasteiger partial charge in [0.1, 0.15) is 0 Å². The maximum atomic E-state index is 6.91. The number of fused-ring (bicyclic) bond motifs is 4. The molecule has 0 N–H and O–H groups in total. The Morgan fingerprint density at radius 2 is 1.21 bits per heavy atom. The fraction of sp³-hybridized carbons (Fsp3) is 0.200. The van der Waals surface area contributed by atoms with E-state index < -0.39 is 0 Å². The van der Waals surface area contributed by atoms with E-state index in [0.717, 1.165) is 68.7 Å². The van der Waals surface area contributed by atoms with Crippen molar-refractivity contribution in [2.45, 2.75) is 45.4 Å². The van der Waals surface area contributed by atoms with E-state index in [1.165, 1.54) is 56.6 Å². The van der Waals surface area contributed by atoms with Gasteiger partial charge in [0, 0.05) is 11.8 Å². The summed E-state index contributed by atoms with van der Waals surface area (Å²) in [5.41, 5.74) is 16.5. The van der Waals surface area contributed by atoms with E-state index in [2.05, 4.69) is 249 Å². The minimum absolute atomic E-state index is 0.0621. The summed E-state index contributed by atoms with van der Waals surface area (Å²) < 4.78 is 12.8. The second-order valence-corrected chi connectivity index (χ2v) is 20.4. The molecule has 4 heterocycles. The number of ether oxygens (including phenoxy) is 1. The van der Waals surface area contributed by atoms with E-state index in [4.69, 9.17) is 9.72 Å². The van der Waals surface area contributed by atoms with Crippen molar-refractivity contribution in [3.05, 3.63) is 203 Å². The Balaban J connectivity index is 1.01. The van der Waals surface area contributed by atoms with E-state index in [9.17, 15) is 0 Å². The van der Waals surface area contributed by atoms with Crippen molar-refractivity contribution in [2.75, 3.05) is 31.6 Å². The Morgan fingerprint density at radius 3 is 1.84 bits per heavy atom. The van der Waals surface area contributed by atoms with E-state index in [1.54, 1.807) is 0 Å². The zero-order chi connectivity index (χ0) is 45.8. The number of nitrogens with zero attached hydrogens (tertiary/aromatic N) is 5. The van der Waals surface area contributed by atoms with Gasteiger partial charge >= 0.3 is 322 Å². The van der Waals surface area contributed by atoms with Crippen molar-refractivity contribution in [1.82, 2.24) is 19.0 Å². The number of likely N-dealkylation sites (N-methyl/N-ethyl adjacent to an activating group) is 1. The fourth-order valence-corrected chi connectivity index (χ4v) is 11.5. The second kappa shape index (κ2) is 17.6. The van der Waals surface area contributed by atoms with Gasteiger partial charge in [-0.15, -0.1) is 0 Å². The van der Waals surface area contributed by atoms with Crippen molar-refractivity contribution in [2.24, 2.45) is 5.92 Å². The molecule has 7 aromatic carbocycles. The van der Waals surface area contributed by atoms with Gasteiger partial charge in [0.25, 0.3) is 0 Å². The molecule has 2 aromatic heterocycles. The van der Waals surface area contributed by atoms with Crippen molar-refractivity contribution in [1.29, 1.82) is 0 Å². The Kier molecular flexibility index (Phi) is 11.3. The molecule has 67 heavy (non-hydrogen) atoms. The standard InChI is InChI=1S/C60H55N5O.Pt/c1-41-32-58(61-37-53(41)44-22-13-8-14-23-44)63-38-45-30-31-62(5)39-54(45)50-29-28-49(36-57(50)63)66-48-25-17-24-47(35-48)64-40-65(56-27-16-15-26-55(56)64)59-51(42-18-9-6-10-19-42)33-46(60(2,3)4)34-52(59)43-20-11-7-12-21-43;/h6-29,32-37,45,54H,30-31,38-39H2,1-5H3;. The van der Waals surface area contributed by atoms with Gasteiger partial charge < -0.3 is 4.90 Å². The summed E-state index contributed by atoms with van der Waals surface area (Å²) in [5.74, 6) is 3.57. The number of piperidine rings is 1. The number of aryl methyl sites for hydroxylation is 1. The zero-order valence-corrected chi connectivity index (χ0v) is 41.0. The van der Waals surface area contributed by atoms with Gasteiger partial charge in [-0.1, -0.05) is 30.3 Å². The van der Waals surface area contributed by atoms with Crippen molar-refractivity contribution in [3.8, 4) is 56.3 Å². The molecule has 0 spiro atoms. The third-order valence-electron chi connectivity index (χ3n) is 13.9. The number of benzene rings is 7. The first-order chi connectivity index (χ1) is 32.6. The molecule has 1 fully saturated rings. The van der Waals surface area contributed by atoms with E-state index in [1.807, 2.05) is 6.20 Å². The molecule has 11 rings (SSSR count). The zero-order valence-electron chi connectivity index (χ0n) is 38.8. The first kappa shape index (κ1) is 43.0. The number of hydrogen-bond donors (Lipinski definition) is 0. The summed E-state index contributed by atoms with van der Waals surface area (Å²) in [6.45, 7) is 12.2. The molecule has 0 bridgehead atoms. The molecule has 7 heteroatoms. The topological polar surface area (TPSA) is 38.5 Å². The van der Waals surface area contributed by atoms with Crippen LogP contribution in [0.4, 0.5) is 11.5 Å². The minimum Gasteiger partial charge on any atom is -0.0622 e. The molecule has 0 saturated carbocycles. The number of aromatic nitrogens is 3. The van der Waals surface area contributed by atoms with Crippen molar-refractivity contribution >= 4 is 22.5 Å². The van der Waals surface area contributed by atoms with Gasteiger partial charge in [-0.05, 0) is 38.1 Å². The molecule has 0 aliphatic carbocycles. The number of pyridine rings is 1. The van der Waals surface area contributed by atoms with Crippen molar-refractivity contribution in [3.63, 3.8) is 0 Å². The van der Waals surface area contributed by atoms with Crippen LogP contribution in [0, 0.1) is 16.6 Å². The van der Waals surface area contributed by atoms with Crippen LogP contribution < -0.4 is 9.64 Å². The Bertz CT molecular complexity index is 3270. The van der Waals surface area contributed by atoms with Gasteiger partial charge in [0.05, 0.1) is 0 Å². The first-order valence-corrected chi connectivity index (χ1v) is 24.6. The molecular weight excluding hydrogens is 1000 g/mol. The van der Waals surface area contributed by atoms with Crippen LogP contribution in [-0.4, -0.2) is 45.7 Å². The molecule has 336 valence electrons. The summed E-state index contributed by atoms with van der Waals surface area (Å²) in [4.78, 5) is 10.1. The van der Waals surface area contributed by atoms with Crippen molar-refractivity contribution < 1.29 is 24.1 Å². The van der Waals surface area contributed by atoms with Crippen LogP contribution in [0.5, 0.6) is 11.5 Å². The first-order valence-electron chi connectivity index (χ1n) is 23.5. The average Bonchev–Trinajstić information content (AvgIpc) is 3.64. The van der Waals surface area contributed by atoms with Crippen LogP contribution in [-0.2, 0) is 24.8 Å². The second-order valence-electron chi connectivity index (χ2n) is 19.4. The number of rotatable bonds is 8. The SMILES string of the molecule is Cc1cc(N2CC3CCN(C)CC3c3ccc(Oc4cccc(-n5[c](=[Pt])n(-c6c(-c7ccccc7)cc(C(C)(C)C)cc6-c6ccccc6)c6ccccc65)c4)cc32)ncc1-c1ccccc1. The van der Waals surface area contributed by atoms with Gasteiger partial charge in [0.2, 0.25) is 0 Å². The van der Waals surface area contributed by atoms with E-state index >= 15 is 0 Å². The maximum absolute atomic E-state index is 6.91. The van der Waals surface area contributed by atoms with E-state index in [0.29, 0.717) is 11.8 Å². The number of anilines is 2. The van der Waals surface area contributed by atoms with Gasteiger partial charge in [-0.2, -0.15) is 0 Å². The Labute approximate surface area is 405 Å². The van der Waals surface area contributed by atoms with Gasteiger partial charge in [0.15, 0.2) is 0 Å². The van der Waals surface area contributed by atoms with Crippen LogP contribution in [0.1, 0.15) is 49.8 Å². The number of para-hydroxylation sites is 2.